The first-order valence-corrected chi connectivity index (χ1v) is 5.97. The summed E-state index contributed by atoms with van der Waals surface area (Å²) in [6, 6.07) is 10.5. The summed E-state index contributed by atoms with van der Waals surface area (Å²) in [4.78, 5) is 0. The van der Waals surface area contributed by atoms with E-state index in [0.717, 1.165) is 5.69 Å². The van der Waals surface area contributed by atoms with Crippen LogP contribution in [0, 0.1) is 0 Å². The van der Waals surface area contributed by atoms with Crippen LogP contribution in [0.25, 0.3) is 0 Å². The molecule has 2 aromatic rings. The minimum absolute atomic E-state index is 0.474. The number of anilines is 3. The van der Waals surface area contributed by atoms with Gasteiger partial charge in [0.1, 0.15) is 0 Å². The fourth-order valence-electron chi connectivity index (χ4n) is 1.39. The first-order valence-electron chi connectivity index (χ1n) is 4.84. The molecule has 0 fully saturated rings. The van der Waals surface area contributed by atoms with Crippen LogP contribution in [0.15, 0.2) is 36.4 Å². The molecule has 0 atom stereocenters. The Morgan fingerprint density at radius 3 is 2.29 bits per heavy atom. The quantitative estimate of drug-likeness (QED) is 0.765. The number of rotatable bonds is 2. The molecular formula is C12H9Cl3N2. The Bertz CT molecular complexity index is 535. The van der Waals surface area contributed by atoms with E-state index in [0.29, 0.717) is 26.4 Å². The largest absolute Gasteiger partial charge is 0.397 e. The normalized spacial score (nSPS) is 10.3. The highest BCUT2D eigenvalue weighted by atomic mass is 35.5. The Morgan fingerprint density at radius 2 is 1.65 bits per heavy atom. The highest BCUT2D eigenvalue weighted by molar-refractivity contribution is 6.42. The number of para-hydroxylation sites is 1. The summed E-state index contributed by atoms with van der Waals surface area (Å²) in [7, 11) is 0. The van der Waals surface area contributed by atoms with Gasteiger partial charge in [0.25, 0.3) is 0 Å². The molecule has 0 aromatic heterocycles. The molecule has 0 aliphatic heterocycles. The molecule has 17 heavy (non-hydrogen) atoms. The highest BCUT2D eigenvalue weighted by Crippen LogP contribution is 2.33. The van der Waals surface area contributed by atoms with Crippen molar-refractivity contribution in [1.82, 2.24) is 0 Å². The molecule has 0 amide bonds. The van der Waals surface area contributed by atoms with E-state index in [1.54, 1.807) is 36.4 Å². The summed E-state index contributed by atoms with van der Waals surface area (Å²) in [5.74, 6) is 0. The number of hydrogen-bond donors (Lipinski definition) is 2. The molecule has 0 bridgehead atoms. The van der Waals surface area contributed by atoms with Gasteiger partial charge in [-0.15, -0.1) is 0 Å². The summed E-state index contributed by atoms with van der Waals surface area (Å²) in [5, 5.41) is 4.64. The number of benzene rings is 2. The van der Waals surface area contributed by atoms with E-state index in [4.69, 9.17) is 40.5 Å². The summed E-state index contributed by atoms with van der Waals surface area (Å²) < 4.78 is 0. The molecule has 0 aliphatic carbocycles. The van der Waals surface area contributed by atoms with E-state index >= 15 is 0 Å². The number of nitrogen functional groups attached to an aromatic ring is 1. The lowest BCUT2D eigenvalue weighted by Crippen LogP contribution is -1.96. The molecule has 2 aromatic carbocycles. The fraction of sp³-hybridized carbons (Fsp3) is 0. The van der Waals surface area contributed by atoms with Crippen LogP contribution < -0.4 is 11.1 Å². The van der Waals surface area contributed by atoms with Crippen LogP contribution in [0.4, 0.5) is 17.1 Å². The third-order valence-corrected chi connectivity index (χ3v) is 3.29. The molecule has 3 N–H and O–H groups in total. The van der Waals surface area contributed by atoms with Gasteiger partial charge in [-0.1, -0.05) is 40.9 Å². The molecule has 0 heterocycles. The monoisotopic (exact) mass is 286 g/mol. The Balaban J connectivity index is 2.35. The van der Waals surface area contributed by atoms with Gasteiger partial charge in [-0.3, -0.25) is 0 Å². The van der Waals surface area contributed by atoms with Crippen molar-refractivity contribution in [3.05, 3.63) is 51.5 Å². The van der Waals surface area contributed by atoms with Crippen molar-refractivity contribution >= 4 is 51.9 Å². The van der Waals surface area contributed by atoms with E-state index in [2.05, 4.69) is 5.32 Å². The zero-order valence-electron chi connectivity index (χ0n) is 8.68. The van der Waals surface area contributed by atoms with Crippen LogP contribution in [-0.4, -0.2) is 0 Å². The maximum absolute atomic E-state index is 6.05. The van der Waals surface area contributed by atoms with Gasteiger partial charge in [0, 0.05) is 5.69 Å². The molecule has 2 nitrogen and oxygen atoms in total. The zero-order chi connectivity index (χ0) is 12.4. The summed E-state index contributed by atoms with van der Waals surface area (Å²) in [6.45, 7) is 0. The highest BCUT2D eigenvalue weighted by Gasteiger charge is 2.05. The average Bonchev–Trinajstić information content (AvgIpc) is 2.28. The van der Waals surface area contributed by atoms with Crippen LogP contribution >= 0.6 is 34.8 Å². The minimum atomic E-state index is 0.474. The van der Waals surface area contributed by atoms with Crippen LogP contribution in [0.2, 0.25) is 15.1 Å². The Labute approximate surface area is 114 Å². The van der Waals surface area contributed by atoms with Crippen LogP contribution in [0.1, 0.15) is 0 Å². The molecule has 0 aliphatic rings. The summed E-state index contributed by atoms with van der Waals surface area (Å²) in [6.07, 6.45) is 0. The molecule has 0 saturated carbocycles. The maximum Gasteiger partial charge on any atom is 0.0807 e. The topological polar surface area (TPSA) is 38.0 Å². The smallest absolute Gasteiger partial charge is 0.0807 e. The number of nitrogens with two attached hydrogens (primary N) is 1. The molecule has 5 heteroatoms. The number of halogens is 3. The SMILES string of the molecule is Nc1cccc(Cl)c1Nc1ccc(Cl)c(Cl)c1. The number of nitrogens with one attached hydrogen (secondary N) is 1. The lowest BCUT2D eigenvalue weighted by molar-refractivity contribution is 1.54. The maximum atomic E-state index is 6.05. The first kappa shape index (κ1) is 12.4. The first-order chi connectivity index (χ1) is 8.08. The molecule has 0 spiro atoms. The molecule has 0 radical (unpaired) electrons. The molecule has 88 valence electrons. The van der Waals surface area contributed by atoms with Gasteiger partial charge < -0.3 is 11.1 Å². The molecular weight excluding hydrogens is 279 g/mol. The fourth-order valence-corrected chi connectivity index (χ4v) is 1.92. The second-order valence-corrected chi connectivity index (χ2v) is 4.68. The standard InChI is InChI=1S/C12H9Cl3N2/c13-8-5-4-7(6-10(8)15)17-12-9(14)2-1-3-11(12)16/h1-6,17H,16H2. The second-order valence-electron chi connectivity index (χ2n) is 3.46. The lowest BCUT2D eigenvalue weighted by Gasteiger charge is -2.11. The van der Waals surface area contributed by atoms with Crippen molar-refractivity contribution in [2.24, 2.45) is 0 Å². The summed E-state index contributed by atoms with van der Waals surface area (Å²) in [5.41, 5.74) is 7.84. The van der Waals surface area contributed by atoms with E-state index in [1.807, 2.05) is 0 Å². The second kappa shape index (κ2) is 5.05. The van der Waals surface area contributed by atoms with E-state index in [9.17, 15) is 0 Å². The zero-order valence-corrected chi connectivity index (χ0v) is 10.9. The Hall–Kier alpha value is -1.09. The van der Waals surface area contributed by atoms with E-state index in [1.165, 1.54) is 0 Å². The molecule has 0 unspecified atom stereocenters. The van der Waals surface area contributed by atoms with Crippen molar-refractivity contribution in [1.29, 1.82) is 0 Å². The van der Waals surface area contributed by atoms with Crippen LogP contribution in [0.5, 0.6) is 0 Å². The molecule has 0 saturated heterocycles. The predicted octanol–water partition coefficient (Wildman–Crippen LogP) is 4.97. The van der Waals surface area contributed by atoms with Crippen LogP contribution in [-0.2, 0) is 0 Å². The van der Waals surface area contributed by atoms with Crippen molar-refractivity contribution in [3.63, 3.8) is 0 Å². The Morgan fingerprint density at radius 1 is 0.882 bits per heavy atom. The van der Waals surface area contributed by atoms with Crippen LogP contribution in [0.3, 0.4) is 0 Å². The van der Waals surface area contributed by atoms with Gasteiger partial charge in [0.15, 0.2) is 0 Å². The van der Waals surface area contributed by atoms with Crippen molar-refractivity contribution in [2.45, 2.75) is 0 Å². The van der Waals surface area contributed by atoms with Gasteiger partial charge in [0.05, 0.1) is 26.4 Å². The molecule has 2 rings (SSSR count). The van der Waals surface area contributed by atoms with E-state index in [-0.39, 0.29) is 0 Å². The number of hydrogen-bond acceptors (Lipinski definition) is 2. The third-order valence-electron chi connectivity index (χ3n) is 2.23. The van der Waals surface area contributed by atoms with Gasteiger partial charge in [-0.25, -0.2) is 0 Å². The third kappa shape index (κ3) is 2.78. The van der Waals surface area contributed by atoms with Gasteiger partial charge in [-0.2, -0.15) is 0 Å². The minimum Gasteiger partial charge on any atom is -0.397 e. The van der Waals surface area contributed by atoms with Crippen molar-refractivity contribution < 1.29 is 0 Å². The lowest BCUT2D eigenvalue weighted by atomic mass is 10.2. The summed E-state index contributed by atoms with van der Waals surface area (Å²) >= 11 is 17.8. The average molecular weight is 288 g/mol. The van der Waals surface area contributed by atoms with Gasteiger partial charge >= 0.3 is 0 Å². The van der Waals surface area contributed by atoms with E-state index < -0.39 is 0 Å². The van der Waals surface area contributed by atoms with Crippen molar-refractivity contribution in [2.75, 3.05) is 11.1 Å². The van der Waals surface area contributed by atoms with Gasteiger partial charge in [0.2, 0.25) is 0 Å². The predicted molar refractivity (Wildman–Crippen MR) is 75.6 cm³/mol. The Kier molecular flexibility index (Phi) is 3.67. The van der Waals surface area contributed by atoms with Gasteiger partial charge in [-0.05, 0) is 30.3 Å². The van der Waals surface area contributed by atoms with Crippen molar-refractivity contribution in [3.8, 4) is 0 Å².